The van der Waals surface area contributed by atoms with Crippen molar-refractivity contribution in [3.05, 3.63) is 21.9 Å². The van der Waals surface area contributed by atoms with Crippen LogP contribution in [0.15, 0.2) is 12.1 Å². The SMILES string of the molecule is COC(=O)C[C@@H](C)OC(=O)c1ccc(C)s1. The molecule has 1 aromatic rings. The van der Waals surface area contributed by atoms with Crippen LogP contribution < -0.4 is 0 Å². The van der Waals surface area contributed by atoms with E-state index in [0.29, 0.717) is 4.88 Å². The number of hydrogen-bond donors (Lipinski definition) is 0. The minimum Gasteiger partial charge on any atom is -0.469 e. The van der Waals surface area contributed by atoms with Gasteiger partial charge in [0.15, 0.2) is 0 Å². The average Bonchev–Trinajstić information content (AvgIpc) is 2.64. The Bertz CT molecular complexity index is 383. The van der Waals surface area contributed by atoms with Gasteiger partial charge in [0.1, 0.15) is 11.0 Å². The first-order valence-electron chi connectivity index (χ1n) is 4.87. The predicted molar refractivity (Wildman–Crippen MR) is 60.6 cm³/mol. The second-order valence-electron chi connectivity index (χ2n) is 3.41. The molecule has 1 aromatic heterocycles. The van der Waals surface area contributed by atoms with Gasteiger partial charge in [-0.15, -0.1) is 11.3 Å². The molecule has 88 valence electrons. The Labute approximate surface area is 98.2 Å². The van der Waals surface area contributed by atoms with Crippen LogP contribution in [0, 0.1) is 6.92 Å². The summed E-state index contributed by atoms with van der Waals surface area (Å²) >= 11 is 1.37. The summed E-state index contributed by atoms with van der Waals surface area (Å²) in [6, 6.07) is 3.57. The summed E-state index contributed by atoms with van der Waals surface area (Å²) in [4.78, 5) is 24.1. The predicted octanol–water partition coefficient (Wildman–Crippen LogP) is 2.16. The van der Waals surface area contributed by atoms with Crippen LogP contribution in [0.4, 0.5) is 0 Å². The lowest BCUT2D eigenvalue weighted by atomic mass is 10.3. The average molecular weight is 242 g/mol. The van der Waals surface area contributed by atoms with Gasteiger partial charge in [0.05, 0.1) is 13.5 Å². The molecule has 0 aliphatic heterocycles. The summed E-state index contributed by atoms with van der Waals surface area (Å²) in [7, 11) is 1.31. The van der Waals surface area contributed by atoms with E-state index in [1.54, 1.807) is 13.0 Å². The Balaban J connectivity index is 2.48. The van der Waals surface area contributed by atoms with Crippen LogP contribution in [0.2, 0.25) is 0 Å². The maximum atomic E-state index is 11.6. The zero-order chi connectivity index (χ0) is 12.1. The molecule has 0 amide bonds. The van der Waals surface area contributed by atoms with E-state index in [1.165, 1.54) is 18.4 Å². The quantitative estimate of drug-likeness (QED) is 0.759. The first-order valence-corrected chi connectivity index (χ1v) is 5.69. The molecule has 0 aromatic carbocycles. The van der Waals surface area contributed by atoms with Gasteiger partial charge in [-0.25, -0.2) is 4.79 Å². The number of methoxy groups -OCH3 is 1. The fraction of sp³-hybridized carbons (Fsp3) is 0.455. The normalized spacial score (nSPS) is 11.9. The van der Waals surface area contributed by atoms with Crippen molar-refractivity contribution in [3.63, 3.8) is 0 Å². The van der Waals surface area contributed by atoms with Gasteiger partial charge in [-0.3, -0.25) is 4.79 Å². The molecule has 5 heteroatoms. The van der Waals surface area contributed by atoms with Crippen molar-refractivity contribution in [3.8, 4) is 0 Å². The summed E-state index contributed by atoms with van der Waals surface area (Å²) in [5, 5.41) is 0. The smallest absolute Gasteiger partial charge is 0.348 e. The van der Waals surface area contributed by atoms with Crippen LogP contribution in [0.3, 0.4) is 0 Å². The number of esters is 2. The molecule has 0 N–H and O–H groups in total. The molecule has 0 saturated carbocycles. The van der Waals surface area contributed by atoms with Gasteiger partial charge in [-0.05, 0) is 26.0 Å². The van der Waals surface area contributed by atoms with E-state index < -0.39 is 12.1 Å². The summed E-state index contributed by atoms with van der Waals surface area (Å²) in [5.74, 6) is -0.780. The molecule has 4 nitrogen and oxygen atoms in total. The first-order chi connectivity index (χ1) is 7.52. The molecule has 16 heavy (non-hydrogen) atoms. The van der Waals surface area contributed by atoms with Crippen molar-refractivity contribution in [2.24, 2.45) is 0 Å². The first kappa shape index (κ1) is 12.7. The molecule has 1 heterocycles. The lowest BCUT2D eigenvalue weighted by molar-refractivity contribution is -0.142. The number of carbonyl (C=O) groups is 2. The molecule has 1 atom stereocenters. The minimum atomic E-state index is -0.470. The summed E-state index contributed by atoms with van der Waals surface area (Å²) in [6.07, 6.45) is -0.394. The fourth-order valence-corrected chi connectivity index (χ4v) is 1.90. The zero-order valence-corrected chi connectivity index (χ0v) is 10.3. The molecular formula is C11H14O4S. The van der Waals surface area contributed by atoms with Crippen LogP contribution in [-0.2, 0) is 14.3 Å². The molecule has 0 aliphatic carbocycles. The van der Waals surface area contributed by atoms with Crippen molar-refractivity contribution in [2.45, 2.75) is 26.4 Å². The molecule has 1 rings (SSSR count). The van der Waals surface area contributed by atoms with Gasteiger partial charge < -0.3 is 9.47 Å². The van der Waals surface area contributed by atoms with Crippen LogP contribution in [0.1, 0.15) is 27.9 Å². The number of thiophene rings is 1. The second kappa shape index (κ2) is 5.65. The number of aryl methyl sites for hydroxylation is 1. The number of ether oxygens (including phenoxy) is 2. The van der Waals surface area contributed by atoms with Crippen molar-refractivity contribution < 1.29 is 19.1 Å². The molecule has 0 bridgehead atoms. The van der Waals surface area contributed by atoms with Gasteiger partial charge in [0.2, 0.25) is 0 Å². The molecule has 0 radical (unpaired) electrons. The van der Waals surface area contributed by atoms with Crippen LogP contribution in [0.25, 0.3) is 0 Å². The summed E-state index contributed by atoms with van der Waals surface area (Å²) < 4.78 is 9.58. The molecule has 0 aliphatic rings. The standard InChI is InChI=1S/C11H14O4S/c1-7(6-10(12)14-3)15-11(13)9-5-4-8(2)16-9/h4-5,7H,6H2,1-3H3/t7-/m1/s1. The molecular weight excluding hydrogens is 228 g/mol. The Morgan fingerprint density at radius 2 is 2.12 bits per heavy atom. The fourth-order valence-electron chi connectivity index (χ4n) is 1.14. The topological polar surface area (TPSA) is 52.6 Å². The third-order valence-corrected chi connectivity index (χ3v) is 2.91. The van der Waals surface area contributed by atoms with Crippen molar-refractivity contribution >= 4 is 23.3 Å². The largest absolute Gasteiger partial charge is 0.469 e. The van der Waals surface area contributed by atoms with Crippen molar-refractivity contribution in [1.29, 1.82) is 0 Å². The molecule has 0 fully saturated rings. The van der Waals surface area contributed by atoms with E-state index in [0.717, 1.165) is 4.88 Å². The van der Waals surface area contributed by atoms with Gasteiger partial charge in [-0.2, -0.15) is 0 Å². The highest BCUT2D eigenvalue weighted by Crippen LogP contribution is 2.17. The number of rotatable bonds is 4. The van der Waals surface area contributed by atoms with Crippen molar-refractivity contribution in [2.75, 3.05) is 7.11 Å². The third-order valence-electron chi connectivity index (χ3n) is 1.93. The highest BCUT2D eigenvalue weighted by molar-refractivity contribution is 7.13. The highest BCUT2D eigenvalue weighted by atomic mass is 32.1. The maximum absolute atomic E-state index is 11.6. The second-order valence-corrected chi connectivity index (χ2v) is 4.69. The number of carbonyl (C=O) groups excluding carboxylic acids is 2. The van der Waals surface area contributed by atoms with E-state index in [1.807, 2.05) is 13.0 Å². The lowest BCUT2D eigenvalue weighted by Crippen LogP contribution is -2.18. The van der Waals surface area contributed by atoms with Crippen LogP contribution in [-0.4, -0.2) is 25.2 Å². The van der Waals surface area contributed by atoms with Gasteiger partial charge in [-0.1, -0.05) is 0 Å². The van der Waals surface area contributed by atoms with Crippen LogP contribution in [0.5, 0.6) is 0 Å². The summed E-state index contributed by atoms with van der Waals surface area (Å²) in [6.45, 7) is 3.58. The van der Waals surface area contributed by atoms with E-state index >= 15 is 0 Å². The monoisotopic (exact) mass is 242 g/mol. The molecule has 0 spiro atoms. The van der Waals surface area contributed by atoms with E-state index in [-0.39, 0.29) is 12.4 Å². The summed E-state index contributed by atoms with van der Waals surface area (Å²) in [5.41, 5.74) is 0. The van der Waals surface area contributed by atoms with Gasteiger partial charge in [0.25, 0.3) is 0 Å². The zero-order valence-electron chi connectivity index (χ0n) is 9.48. The lowest BCUT2D eigenvalue weighted by Gasteiger charge is -2.10. The minimum absolute atomic E-state index is 0.0760. The number of hydrogen-bond acceptors (Lipinski definition) is 5. The molecule has 0 unspecified atom stereocenters. The maximum Gasteiger partial charge on any atom is 0.348 e. The van der Waals surface area contributed by atoms with E-state index in [4.69, 9.17) is 4.74 Å². The Kier molecular flexibility index (Phi) is 4.49. The van der Waals surface area contributed by atoms with Crippen LogP contribution >= 0.6 is 11.3 Å². The van der Waals surface area contributed by atoms with Crippen molar-refractivity contribution in [1.82, 2.24) is 0 Å². The van der Waals surface area contributed by atoms with Gasteiger partial charge in [0, 0.05) is 4.88 Å². The third kappa shape index (κ3) is 3.66. The highest BCUT2D eigenvalue weighted by Gasteiger charge is 2.16. The van der Waals surface area contributed by atoms with E-state index in [2.05, 4.69) is 4.74 Å². The Morgan fingerprint density at radius 3 is 2.62 bits per heavy atom. The Hall–Kier alpha value is -1.36. The van der Waals surface area contributed by atoms with Gasteiger partial charge >= 0.3 is 11.9 Å². The van der Waals surface area contributed by atoms with E-state index in [9.17, 15) is 9.59 Å². The Morgan fingerprint density at radius 1 is 1.44 bits per heavy atom. The molecule has 0 saturated heterocycles.